The number of hydrogen-bond acceptors (Lipinski definition) is 2. The molecule has 1 saturated heterocycles. The van der Waals surface area contributed by atoms with Gasteiger partial charge in [-0.1, -0.05) is 19.8 Å². The first-order valence-electron chi connectivity index (χ1n) is 4.41. The molecule has 1 aliphatic rings. The summed E-state index contributed by atoms with van der Waals surface area (Å²) in [5.74, 6) is 0. The molecule has 0 aromatic carbocycles. The first-order valence-corrected chi connectivity index (χ1v) is 4.41. The summed E-state index contributed by atoms with van der Waals surface area (Å²) in [7, 11) is 0. The van der Waals surface area contributed by atoms with Gasteiger partial charge in [-0.2, -0.15) is 0 Å². The van der Waals surface area contributed by atoms with E-state index in [0.29, 0.717) is 6.10 Å². The molecule has 0 aromatic heterocycles. The fourth-order valence-corrected chi connectivity index (χ4v) is 1.17. The molecule has 0 spiro atoms. The van der Waals surface area contributed by atoms with Crippen LogP contribution in [-0.4, -0.2) is 19.3 Å². The predicted octanol–water partition coefficient (Wildman–Crippen LogP) is 1.53. The lowest BCUT2D eigenvalue weighted by Crippen LogP contribution is -2.11. The molecule has 0 saturated carbocycles. The maximum absolute atomic E-state index is 5.56. The summed E-state index contributed by atoms with van der Waals surface area (Å²) < 4.78 is 5.56. The lowest BCUT2D eigenvalue weighted by molar-refractivity contribution is 0.0775. The van der Waals surface area contributed by atoms with Crippen molar-refractivity contribution < 1.29 is 4.74 Å². The van der Waals surface area contributed by atoms with Gasteiger partial charge in [0.15, 0.2) is 0 Å². The number of hydrogen-bond donors (Lipinski definition) is 1. The van der Waals surface area contributed by atoms with Gasteiger partial charge in [-0.05, 0) is 19.4 Å². The highest BCUT2D eigenvalue weighted by Gasteiger charge is 2.14. The molecule has 2 radical (unpaired) electrons. The molecule has 0 bridgehead atoms. The highest BCUT2D eigenvalue weighted by Crippen LogP contribution is 2.07. The molecule has 1 atom stereocenters. The summed E-state index contributed by atoms with van der Waals surface area (Å²) in [5, 5.41) is 3.15. The summed E-state index contributed by atoms with van der Waals surface area (Å²) in [5.41, 5.74) is 0. The topological polar surface area (TPSA) is 21.3 Å². The van der Waals surface area contributed by atoms with Crippen molar-refractivity contribution in [2.45, 2.75) is 31.8 Å². The van der Waals surface area contributed by atoms with Gasteiger partial charge in [-0.3, -0.25) is 0 Å². The Labute approximate surface area is 69.3 Å². The van der Waals surface area contributed by atoms with Crippen molar-refractivity contribution in [1.82, 2.24) is 5.32 Å². The van der Waals surface area contributed by atoms with Crippen LogP contribution in [-0.2, 0) is 4.74 Å². The lowest BCUT2D eigenvalue weighted by atomic mass is 10.2. The van der Waals surface area contributed by atoms with Crippen molar-refractivity contribution in [1.29, 1.82) is 0 Å². The molecular weight excluding hydrogens is 138 g/mol. The van der Waals surface area contributed by atoms with Crippen molar-refractivity contribution in [3.63, 3.8) is 0 Å². The van der Waals surface area contributed by atoms with Crippen LogP contribution in [0.3, 0.4) is 0 Å². The van der Waals surface area contributed by atoms with Crippen molar-refractivity contribution in [2.24, 2.45) is 0 Å². The van der Waals surface area contributed by atoms with Crippen LogP contribution >= 0.6 is 0 Å². The van der Waals surface area contributed by atoms with Crippen LogP contribution in [0.1, 0.15) is 25.7 Å². The second-order valence-electron chi connectivity index (χ2n) is 2.88. The number of ether oxygens (including phenoxy) is 1. The Hall–Kier alpha value is -0.0800. The molecule has 11 heavy (non-hydrogen) atoms. The van der Waals surface area contributed by atoms with Crippen molar-refractivity contribution in [3.05, 3.63) is 13.5 Å². The smallest absolute Gasteiger partial charge is 0.0756 e. The minimum Gasteiger partial charge on any atom is -0.376 e. The zero-order chi connectivity index (χ0) is 7.94. The zero-order valence-corrected chi connectivity index (χ0v) is 7.01. The largest absolute Gasteiger partial charge is 0.376 e. The van der Waals surface area contributed by atoms with E-state index in [1.165, 1.54) is 6.42 Å². The van der Waals surface area contributed by atoms with E-state index >= 15 is 0 Å². The van der Waals surface area contributed by atoms with E-state index in [1.54, 1.807) is 0 Å². The highest BCUT2D eigenvalue weighted by atomic mass is 16.5. The normalized spacial score (nSPS) is 24.3. The molecular formula is C9H17NO. The van der Waals surface area contributed by atoms with Crippen molar-refractivity contribution >= 4 is 0 Å². The van der Waals surface area contributed by atoms with Crippen LogP contribution in [0.4, 0.5) is 0 Å². The Morgan fingerprint density at radius 2 is 2.45 bits per heavy atom. The summed E-state index contributed by atoms with van der Waals surface area (Å²) in [4.78, 5) is 0. The molecule has 0 amide bonds. The standard InChI is InChI=1S/C9H17NO/c1-2-3-4-7-11-9-5-6-10-8-9/h8-10H,1-7H2. The van der Waals surface area contributed by atoms with E-state index in [1.807, 2.05) is 6.54 Å². The van der Waals surface area contributed by atoms with E-state index in [-0.39, 0.29) is 0 Å². The monoisotopic (exact) mass is 155 g/mol. The Morgan fingerprint density at radius 1 is 1.55 bits per heavy atom. The van der Waals surface area contributed by atoms with E-state index in [0.717, 1.165) is 32.4 Å². The maximum atomic E-state index is 5.56. The number of nitrogens with one attached hydrogen (secondary N) is 1. The van der Waals surface area contributed by atoms with Crippen LogP contribution in [0.2, 0.25) is 0 Å². The molecule has 1 rings (SSSR count). The van der Waals surface area contributed by atoms with Crippen LogP contribution < -0.4 is 5.32 Å². The lowest BCUT2D eigenvalue weighted by Gasteiger charge is -2.08. The molecule has 1 fully saturated rings. The van der Waals surface area contributed by atoms with Gasteiger partial charge in [0, 0.05) is 6.61 Å². The molecule has 64 valence electrons. The van der Waals surface area contributed by atoms with E-state index in [9.17, 15) is 0 Å². The van der Waals surface area contributed by atoms with Gasteiger partial charge < -0.3 is 10.1 Å². The van der Waals surface area contributed by atoms with Crippen LogP contribution in [0, 0.1) is 13.5 Å². The molecule has 1 unspecified atom stereocenters. The first kappa shape index (κ1) is 9.01. The van der Waals surface area contributed by atoms with Gasteiger partial charge in [0.25, 0.3) is 0 Å². The summed E-state index contributed by atoms with van der Waals surface area (Å²) in [6.07, 6.45) is 4.84. The summed E-state index contributed by atoms with van der Waals surface area (Å²) >= 11 is 0. The quantitative estimate of drug-likeness (QED) is 0.608. The average Bonchev–Trinajstić information content (AvgIpc) is 2.50. The SMILES string of the molecule is [CH2]CCCCOC1[CH]NCC1. The van der Waals surface area contributed by atoms with Gasteiger partial charge in [0.05, 0.1) is 12.6 Å². The molecule has 1 heterocycles. The van der Waals surface area contributed by atoms with Crippen LogP contribution in [0.15, 0.2) is 0 Å². The van der Waals surface area contributed by atoms with Gasteiger partial charge in [-0.25, -0.2) is 0 Å². The minimum absolute atomic E-state index is 0.361. The predicted molar refractivity (Wildman–Crippen MR) is 45.9 cm³/mol. The van der Waals surface area contributed by atoms with Crippen LogP contribution in [0.5, 0.6) is 0 Å². The van der Waals surface area contributed by atoms with Crippen molar-refractivity contribution in [3.8, 4) is 0 Å². The maximum Gasteiger partial charge on any atom is 0.0756 e. The molecule has 0 aromatic rings. The van der Waals surface area contributed by atoms with Gasteiger partial charge >= 0.3 is 0 Å². The fourth-order valence-electron chi connectivity index (χ4n) is 1.17. The fraction of sp³-hybridized carbons (Fsp3) is 0.778. The van der Waals surface area contributed by atoms with Gasteiger partial charge in [0.1, 0.15) is 0 Å². The molecule has 1 N–H and O–H groups in total. The molecule has 1 aliphatic heterocycles. The third kappa shape index (κ3) is 3.73. The second kappa shape index (κ2) is 5.56. The van der Waals surface area contributed by atoms with Gasteiger partial charge in [0.2, 0.25) is 0 Å². The molecule has 2 heteroatoms. The highest BCUT2D eigenvalue weighted by molar-refractivity contribution is 4.82. The van der Waals surface area contributed by atoms with Crippen LogP contribution in [0.25, 0.3) is 0 Å². The Morgan fingerprint density at radius 3 is 3.09 bits per heavy atom. The van der Waals surface area contributed by atoms with E-state index in [2.05, 4.69) is 12.2 Å². The Bertz CT molecular complexity index is 89.6. The molecule has 0 aliphatic carbocycles. The van der Waals surface area contributed by atoms with Crippen molar-refractivity contribution in [2.75, 3.05) is 13.2 Å². The third-order valence-electron chi connectivity index (χ3n) is 1.85. The number of rotatable bonds is 5. The summed E-state index contributed by atoms with van der Waals surface area (Å²) in [6, 6.07) is 0. The first-order chi connectivity index (χ1) is 5.43. The Balaban J connectivity index is 1.86. The zero-order valence-electron chi connectivity index (χ0n) is 7.01. The third-order valence-corrected chi connectivity index (χ3v) is 1.85. The molecule has 2 nitrogen and oxygen atoms in total. The average molecular weight is 155 g/mol. The Kier molecular flexibility index (Phi) is 4.55. The number of unbranched alkanes of at least 4 members (excludes halogenated alkanes) is 2. The van der Waals surface area contributed by atoms with E-state index in [4.69, 9.17) is 4.74 Å². The second-order valence-corrected chi connectivity index (χ2v) is 2.88. The summed E-state index contributed by atoms with van der Waals surface area (Å²) in [6.45, 7) is 7.78. The minimum atomic E-state index is 0.361. The van der Waals surface area contributed by atoms with Gasteiger partial charge in [-0.15, -0.1) is 0 Å². The van der Waals surface area contributed by atoms with E-state index < -0.39 is 0 Å².